The van der Waals surface area contributed by atoms with Crippen LogP contribution in [-0.2, 0) is 0 Å². The van der Waals surface area contributed by atoms with Crippen molar-refractivity contribution in [2.45, 2.75) is 26.7 Å². The Hall–Kier alpha value is -3.46. The fourth-order valence-corrected chi connectivity index (χ4v) is 3.85. The number of nitrogens with one attached hydrogen (secondary N) is 1. The van der Waals surface area contributed by atoms with Crippen molar-refractivity contribution >= 4 is 5.91 Å². The average molecular weight is 388 g/mol. The summed E-state index contributed by atoms with van der Waals surface area (Å²) >= 11 is 0. The lowest BCUT2D eigenvalue weighted by Gasteiger charge is -2.40. The van der Waals surface area contributed by atoms with Crippen LogP contribution in [0.4, 0.5) is 4.39 Å². The zero-order chi connectivity index (χ0) is 20.7. The standard InChI is InChI=1S/C23H21FN4O/c1-13-8-14(2)20(9-19(13)21-15(3)22(24)27-26-21)23(29)28-11-18(12-28)17-6-4-16(10-25)5-7-17/h4-9,18H,11-12H2,1-3H3,(H,26,27). The number of aromatic amines is 1. The van der Waals surface area contributed by atoms with E-state index in [2.05, 4.69) is 16.3 Å². The van der Waals surface area contributed by atoms with E-state index in [1.165, 1.54) is 0 Å². The summed E-state index contributed by atoms with van der Waals surface area (Å²) in [6.07, 6.45) is 0. The molecule has 146 valence electrons. The molecule has 3 aromatic rings. The van der Waals surface area contributed by atoms with Crippen molar-refractivity contribution < 1.29 is 9.18 Å². The second-order valence-electron chi connectivity index (χ2n) is 7.64. The number of hydrogen-bond donors (Lipinski definition) is 1. The molecule has 0 radical (unpaired) electrons. The molecule has 1 N–H and O–H groups in total. The van der Waals surface area contributed by atoms with Gasteiger partial charge in [-0.2, -0.15) is 9.65 Å². The maximum absolute atomic E-state index is 13.7. The summed E-state index contributed by atoms with van der Waals surface area (Å²) in [6, 6.07) is 13.4. The summed E-state index contributed by atoms with van der Waals surface area (Å²) in [5.74, 6) is -0.270. The highest BCUT2D eigenvalue weighted by molar-refractivity contribution is 5.97. The first-order valence-corrected chi connectivity index (χ1v) is 9.50. The van der Waals surface area contributed by atoms with E-state index in [0.717, 1.165) is 22.3 Å². The first kappa shape index (κ1) is 18.9. The lowest BCUT2D eigenvalue weighted by molar-refractivity contribution is 0.0601. The molecule has 0 aliphatic carbocycles. The van der Waals surface area contributed by atoms with Crippen LogP contribution in [0.5, 0.6) is 0 Å². The molecule has 0 unspecified atom stereocenters. The summed E-state index contributed by atoms with van der Waals surface area (Å²) in [6.45, 7) is 6.82. The molecule has 0 saturated carbocycles. The molecule has 0 spiro atoms. The van der Waals surface area contributed by atoms with Crippen LogP contribution >= 0.6 is 0 Å². The lowest BCUT2D eigenvalue weighted by Crippen LogP contribution is -2.48. The molecule has 6 heteroatoms. The normalized spacial score (nSPS) is 13.8. The summed E-state index contributed by atoms with van der Waals surface area (Å²) in [5, 5.41) is 15.3. The van der Waals surface area contributed by atoms with E-state index in [1.807, 2.05) is 55.1 Å². The van der Waals surface area contributed by atoms with Gasteiger partial charge in [0.25, 0.3) is 5.91 Å². The number of aromatic nitrogens is 2. The maximum atomic E-state index is 13.7. The van der Waals surface area contributed by atoms with E-state index in [-0.39, 0.29) is 11.8 Å². The number of aryl methyl sites for hydroxylation is 2. The van der Waals surface area contributed by atoms with E-state index < -0.39 is 5.95 Å². The third-order valence-corrected chi connectivity index (χ3v) is 5.70. The molecule has 0 atom stereocenters. The molecule has 1 aliphatic rings. The van der Waals surface area contributed by atoms with E-state index in [9.17, 15) is 9.18 Å². The van der Waals surface area contributed by atoms with Crippen molar-refractivity contribution in [1.29, 1.82) is 5.26 Å². The number of nitrogens with zero attached hydrogens (tertiary/aromatic N) is 3. The molecule has 5 nitrogen and oxygen atoms in total. The number of halogens is 1. The number of hydrogen-bond acceptors (Lipinski definition) is 3. The van der Waals surface area contributed by atoms with Gasteiger partial charge in [-0.05, 0) is 55.7 Å². The maximum Gasteiger partial charge on any atom is 0.254 e. The molecule has 29 heavy (non-hydrogen) atoms. The predicted octanol–water partition coefficient (Wildman–Crippen LogP) is 4.25. The molecule has 1 saturated heterocycles. The fraction of sp³-hybridized carbons (Fsp3) is 0.261. The monoisotopic (exact) mass is 388 g/mol. The molecular weight excluding hydrogens is 367 g/mol. The van der Waals surface area contributed by atoms with Crippen LogP contribution in [0.25, 0.3) is 11.3 Å². The van der Waals surface area contributed by atoms with Gasteiger partial charge >= 0.3 is 0 Å². The van der Waals surface area contributed by atoms with Gasteiger partial charge in [0.05, 0.1) is 17.3 Å². The van der Waals surface area contributed by atoms with Gasteiger partial charge in [0, 0.05) is 35.7 Å². The number of carbonyl (C=O) groups excluding carboxylic acids is 1. The Balaban J connectivity index is 1.56. The minimum absolute atomic E-state index is 0.0220. The number of carbonyl (C=O) groups is 1. The molecule has 1 amide bonds. The van der Waals surface area contributed by atoms with Crippen LogP contribution in [0, 0.1) is 38.1 Å². The highest BCUT2D eigenvalue weighted by Crippen LogP contribution is 2.32. The van der Waals surface area contributed by atoms with E-state index in [1.54, 1.807) is 6.92 Å². The van der Waals surface area contributed by atoms with Crippen molar-refractivity contribution in [3.63, 3.8) is 0 Å². The van der Waals surface area contributed by atoms with Gasteiger partial charge in [-0.15, -0.1) is 5.10 Å². The Kier molecular flexibility index (Phi) is 4.67. The van der Waals surface area contributed by atoms with Crippen LogP contribution in [0.3, 0.4) is 0 Å². The van der Waals surface area contributed by atoms with Crippen molar-refractivity contribution in [2.75, 3.05) is 13.1 Å². The number of H-pyrrole nitrogens is 1. The molecular formula is C23H21FN4O. The molecule has 2 heterocycles. The van der Waals surface area contributed by atoms with Gasteiger partial charge in [0.1, 0.15) is 0 Å². The van der Waals surface area contributed by atoms with Crippen LogP contribution in [-0.4, -0.2) is 34.1 Å². The molecule has 2 aromatic carbocycles. The van der Waals surface area contributed by atoms with Gasteiger partial charge in [0.2, 0.25) is 5.95 Å². The highest BCUT2D eigenvalue weighted by atomic mass is 19.1. The van der Waals surface area contributed by atoms with Crippen LogP contribution < -0.4 is 0 Å². The summed E-state index contributed by atoms with van der Waals surface area (Å²) in [5.41, 5.74) is 6.09. The van der Waals surface area contributed by atoms with Gasteiger partial charge in [-0.3, -0.25) is 9.89 Å². The largest absolute Gasteiger partial charge is 0.337 e. The number of benzene rings is 2. The van der Waals surface area contributed by atoms with Gasteiger partial charge < -0.3 is 4.90 Å². The topological polar surface area (TPSA) is 72.8 Å². The third-order valence-electron chi connectivity index (χ3n) is 5.70. The Bertz CT molecular complexity index is 1130. The van der Waals surface area contributed by atoms with Gasteiger partial charge in [-0.1, -0.05) is 18.2 Å². The van der Waals surface area contributed by atoms with E-state index in [0.29, 0.717) is 35.5 Å². The van der Waals surface area contributed by atoms with Crippen molar-refractivity contribution in [3.05, 3.63) is 75.7 Å². The number of nitriles is 1. The minimum atomic E-state index is -0.527. The van der Waals surface area contributed by atoms with E-state index in [4.69, 9.17) is 5.26 Å². The quantitative estimate of drug-likeness (QED) is 0.729. The summed E-state index contributed by atoms with van der Waals surface area (Å²) in [4.78, 5) is 14.9. The zero-order valence-electron chi connectivity index (χ0n) is 16.6. The fourth-order valence-electron chi connectivity index (χ4n) is 3.85. The minimum Gasteiger partial charge on any atom is -0.337 e. The number of rotatable bonds is 3. The Morgan fingerprint density at radius 3 is 2.45 bits per heavy atom. The zero-order valence-corrected chi connectivity index (χ0v) is 16.6. The first-order chi connectivity index (χ1) is 13.9. The second-order valence-corrected chi connectivity index (χ2v) is 7.64. The predicted molar refractivity (Wildman–Crippen MR) is 108 cm³/mol. The third kappa shape index (κ3) is 3.29. The van der Waals surface area contributed by atoms with Gasteiger partial charge in [-0.25, -0.2) is 0 Å². The van der Waals surface area contributed by atoms with Crippen LogP contribution in [0.1, 0.15) is 44.1 Å². The number of amides is 1. The van der Waals surface area contributed by atoms with Gasteiger partial charge in [0.15, 0.2) is 0 Å². The SMILES string of the molecule is Cc1cc(C)c(-c2[nH]nc(F)c2C)cc1C(=O)N1CC(c2ccc(C#N)cc2)C1. The number of likely N-dealkylation sites (tertiary alicyclic amines) is 1. The lowest BCUT2D eigenvalue weighted by atomic mass is 9.89. The van der Waals surface area contributed by atoms with E-state index >= 15 is 0 Å². The molecule has 1 aliphatic heterocycles. The Morgan fingerprint density at radius 1 is 1.17 bits per heavy atom. The Morgan fingerprint density at radius 2 is 1.86 bits per heavy atom. The molecule has 1 aromatic heterocycles. The van der Waals surface area contributed by atoms with Crippen molar-refractivity contribution in [3.8, 4) is 17.3 Å². The van der Waals surface area contributed by atoms with Crippen LogP contribution in [0.2, 0.25) is 0 Å². The second kappa shape index (κ2) is 7.17. The summed E-state index contributed by atoms with van der Waals surface area (Å²) < 4.78 is 13.7. The van der Waals surface area contributed by atoms with Crippen molar-refractivity contribution in [1.82, 2.24) is 15.1 Å². The van der Waals surface area contributed by atoms with Crippen LogP contribution in [0.15, 0.2) is 36.4 Å². The molecule has 0 bridgehead atoms. The average Bonchev–Trinajstić information content (AvgIpc) is 3.00. The molecule has 1 fully saturated rings. The van der Waals surface area contributed by atoms with Crippen molar-refractivity contribution in [2.24, 2.45) is 0 Å². The molecule has 4 rings (SSSR count). The highest BCUT2D eigenvalue weighted by Gasteiger charge is 2.33. The summed E-state index contributed by atoms with van der Waals surface area (Å²) in [7, 11) is 0. The smallest absolute Gasteiger partial charge is 0.254 e. The first-order valence-electron chi connectivity index (χ1n) is 9.50. The Labute approximate surface area is 168 Å².